The molecular formula is C20H18O6. The van der Waals surface area contributed by atoms with Gasteiger partial charge in [0.25, 0.3) is 0 Å². The molecule has 2 aromatic carbocycles. The molecule has 0 saturated heterocycles. The van der Waals surface area contributed by atoms with E-state index in [0.29, 0.717) is 5.56 Å². The quantitative estimate of drug-likeness (QED) is 0.463. The number of rotatable bonds is 5. The Morgan fingerprint density at radius 3 is 1.62 bits per heavy atom. The van der Waals surface area contributed by atoms with Crippen LogP contribution < -0.4 is 14.2 Å². The van der Waals surface area contributed by atoms with Crippen LogP contribution in [0.25, 0.3) is 12.2 Å². The average Bonchev–Trinajstić information content (AvgIpc) is 2.55. The fraction of sp³-hybridized carbons (Fsp3) is 0.150. The van der Waals surface area contributed by atoms with E-state index in [9.17, 15) is 14.4 Å². The maximum absolute atomic E-state index is 11.4. The number of carbonyl (C=O) groups excluding carboxylic acids is 3. The molecule has 0 N–H and O–H groups in total. The first-order chi connectivity index (χ1) is 12.3. The van der Waals surface area contributed by atoms with Crippen LogP contribution in [-0.2, 0) is 14.4 Å². The molecule has 0 aliphatic rings. The molecular weight excluding hydrogens is 336 g/mol. The highest BCUT2D eigenvalue weighted by molar-refractivity contribution is 5.80. The van der Waals surface area contributed by atoms with Gasteiger partial charge in [0, 0.05) is 20.8 Å². The molecule has 0 spiro atoms. The largest absolute Gasteiger partial charge is 0.423 e. The van der Waals surface area contributed by atoms with Crippen molar-refractivity contribution < 1.29 is 28.6 Å². The normalized spacial score (nSPS) is 10.4. The lowest BCUT2D eigenvalue weighted by Crippen LogP contribution is -2.10. The molecule has 26 heavy (non-hydrogen) atoms. The zero-order valence-corrected chi connectivity index (χ0v) is 14.6. The fourth-order valence-electron chi connectivity index (χ4n) is 2.16. The Morgan fingerprint density at radius 2 is 1.15 bits per heavy atom. The van der Waals surface area contributed by atoms with Gasteiger partial charge in [-0.3, -0.25) is 14.4 Å². The molecule has 0 saturated carbocycles. The predicted molar refractivity (Wildman–Crippen MR) is 95.7 cm³/mol. The van der Waals surface area contributed by atoms with Crippen LogP contribution in [0.2, 0.25) is 0 Å². The third kappa shape index (κ3) is 5.59. The molecule has 0 bridgehead atoms. The number of hydrogen-bond donors (Lipinski definition) is 0. The van der Waals surface area contributed by atoms with Crippen LogP contribution in [0.4, 0.5) is 0 Å². The van der Waals surface area contributed by atoms with Crippen molar-refractivity contribution >= 4 is 30.1 Å². The number of benzene rings is 2. The lowest BCUT2D eigenvalue weighted by atomic mass is 10.1. The highest BCUT2D eigenvalue weighted by Crippen LogP contribution is 2.40. The van der Waals surface area contributed by atoms with Gasteiger partial charge in [-0.05, 0) is 23.3 Å². The summed E-state index contributed by atoms with van der Waals surface area (Å²) in [5.74, 6) is -2.00. The van der Waals surface area contributed by atoms with Crippen molar-refractivity contribution in [1.29, 1.82) is 0 Å². The zero-order chi connectivity index (χ0) is 19.1. The first kappa shape index (κ1) is 18.9. The van der Waals surface area contributed by atoms with E-state index in [1.165, 1.54) is 32.9 Å². The van der Waals surface area contributed by atoms with E-state index >= 15 is 0 Å². The van der Waals surface area contributed by atoms with Crippen LogP contribution in [0.1, 0.15) is 31.9 Å². The standard InChI is InChI=1S/C20H18O6/c1-13(21)24-18-11-17(10-9-16-7-5-4-6-8-16)12-19(25-14(2)22)20(18)26-15(3)23/h4-12H,1-3H3. The maximum atomic E-state index is 11.4. The minimum atomic E-state index is -0.639. The summed E-state index contributed by atoms with van der Waals surface area (Å²) in [4.78, 5) is 34.1. The minimum Gasteiger partial charge on any atom is -0.423 e. The summed E-state index contributed by atoms with van der Waals surface area (Å²) in [6.07, 6.45) is 3.60. The second kappa shape index (κ2) is 8.62. The second-order valence-corrected chi connectivity index (χ2v) is 5.37. The first-order valence-corrected chi connectivity index (χ1v) is 7.81. The summed E-state index contributed by atoms with van der Waals surface area (Å²) in [5.41, 5.74) is 1.55. The summed E-state index contributed by atoms with van der Waals surface area (Å²) in [5, 5.41) is 0. The van der Waals surface area contributed by atoms with Gasteiger partial charge in [0.15, 0.2) is 11.5 Å². The fourth-order valence-corrected chi connectivity index (χ4v) is 2.16. The second-order valence-electron chi connectivity index (χ2n) is 5.37. The van der Waals surface area contributed by atoms with E-state index in [1.807, 2.05) is 36.4 Å². The van der Waals surface area contributed by atoms with Crippen LogP contribution in [0.3, 0.4) is 0 Å². The predicted octanol–water partition coefficient (Wildman–Crippen LogP) is 3.63. The molecule has 134 valence electrons. The summed E-state index contributed by atoms with van der Waals surface area (Å²) in [6.45, 7) is 3.63. The van der Waals surface area contributed by atoms with Gasteiger partial charge >= 0.3 is 17.9 Å². The molecule has 0 fully saturated rings. The lowest BCUT2D eigenvalue weighted by molar-refractivity contribution is -0.135. The minimum absolute atomic E-state index is 0.0147. The topological polar surface area (TPSA) is 78.9 Å². The van der Waals surface area contributed by atoms with Gasteiger partial charge in [0.1, 0.15) is 0 Å². The summed E-state index contributed by atoms with van der Waals surface area (Å²) in [7, 11) is 0. The Hall–Kier alpha value is -3.41. The monoisotopic (exact) mass is 354 g/mol. The van der Waals surface area contributed by atoms with E-state index < -0.39 is 17.9 Å². The number of ether oxygens (including phenoxy) is 3. The van der Waals surface area contributed by atoms with Crippen LogP contribution in [-0.4, -0.2) is 17.9 Å². The van der Waals surface area contributed by atoms with Crippen LogP contribution in [0, 0.1) is 0 Å². The van der Waals surface area contributed by atoms with Gasteiger partial charge in [-0.25, -0.2) is 0 Å². The molecule has 0 aromatic heterocycles. The molecule has 0 aliphatic carbocycles. The molecule has 0 atom stereocenters. The van der Waals surface area contributed by atoms with Gasteiger partial charge in [-0.15, -0.1) is 0 Å². The van der Waals surface area contributed by atoms with Crippen molar-refractivity contribution in [3.05, 3.63) is 53.6 Å². The SMILES string of the molecule is CC(=O)Oc1cc(C=Cc2ccccc2)cc(OC(C)=O)c1OC(C)=O. The molecule has 6 nitrogen and oxygen atoms in total. The van der Waals surface area contributed by atoms with E-state index in [4.69, 9.17) is 14.2 Å². The Labute approximate surface area is 151 Å². The van der Waals surface area contributed by atoms with Gasteiger partial charge < -0.3 is 14.2 Å². The van der Waals surface area contributed by atoms with E-state index in [1.54, 1.807) is 6.08 Å². The summed E-state index contributed by atoms with van der Waals surface area (Å²) in [6, 6.07) is 12.6. The van der Waals surface area contributed by atoms with Gasteiger partial charge in [-0.2, -0.15) is 0 Å². The van der Waals surface area contributed by atoms with Crippen molar-refractivity contribution in [2.75, 3.05) is 0 Å². The first-order valence-electron chi connectivity index (χ1n) is 7.81. The molecule has 6 heteroatoms. The molecule has 0 aliphatic heterocycles. The highest BCUT2D eigenvalue weighted by Gasteiger charge is 2.19. The Balaban J connectivity index is 2.51. The van der Waals surface area contributed by atoms with Crippen molar-refractivity contribution in [1.82, 2.24) is 0 Å². The summed E-state index contributed by atoms with van der Waals surface area (Å²) >= 11 is 0. The molecule has 0 amide bonds. The summed E-state index contributed by atoms with van der Waals surface area (Å²) < 4.78 is 15.3. The van der Waals surface area contributed by atoms with Crippen LogP contribution in [0.15, 0.2) is 42.5 Å². The molecule has 0 radical (unpaired) electrons. The van der Waals surface area contributed by atoms with Gasteiger partial charge in [0.2, 0.25) is 5.75 Å². The highest BCUT2D eigenvalue weighted by atomic mass is 16.6. The van der Waals surface area contributed by atoms with Crippen LogP contribution in [0.5, 0.6) is 17.2 Å². The molecule has 2 aromatic rings. The van der Waals surface area contributed by atoms with Crippen molar-refractivity contribution in [3.8, 4) is 17.2 Å². The number of esters is 3. The number of carbonyl (C=O) groups is 3. The Kier molecular flexibility index (Phi) is 6.27. The molecule has 2 rings (SSSR count). The molecule has 0 unspecified atom stereocenters. The maximum Gasteiger partial charge on any atom is 0.308 e. The third-order valence-electron chi connectivity index (χ3n) is 3.06. The molecule has 0 heterocycles. The average molecular weight is 354 g/mol. The van der Waals surface area contributed by atoms with Crippen molar-refractivity contribution in [2.24, 2.45) is 0 Å². The Morgan fingerprint density at radius 1 is 0.692 bits per heavy atom. The van der Waals surface area contributed by atoms with E-state index in [0.717, 1.165) is 5.56 Å². The van der Waals surface area contributed by atoms with Gasteiger partial charge in [-0.1, -0.05) is 42.5 Å². The smallest absolute Gasteiger partial charge is 0.308 e. The van der Waals surface area contributed by atoms with Crippen molar-refractivity contribution in [2.45, 2.75) is 20.8 Å². The van der Waals surface area contributed by atoms with E-state index in [2.05, 4.69) is 0 Å². The van der Waals surface area contributed by atoms with Crippen LogP contribution >= 0.6 is 0 Å². The Bertz CT molecular complexity index is 815. The number of hydrogen-bond acceptors (Lipinski definition) is 6. The van der Waals surface area contributed by atoms with E-state index in [-0.39, 0.29) is 17.2 Å². The lowest BCUT2D eigenvalue weighted by Gasteiger charge is -2.14. The van der Waals surface area contributed by atoms with Gasteiger partial charge in [0.05, 0.1) is 0 Å². The zero-order valence-electron chi connectivity index (χ0n) is 14.6. The van der Waals surface area contributed by atoms with Crippen molar-refractivity contribution in [3.63, 3.8) is 0 Å². The third-order valence-corrected chi connectivity index (χ3v) is 3.06.